The van der Waals surface area contributed by atoms with Crippen molar-refractivity contribution < 1.29 is 9.53 Å². The lowest BCUT2D eigenvalue weighted by molar-refractivity contribution is 0.272. The van der Waals surface area contributed by atoms with Crippen molar-refractivity contribution in [1.82, 2.24) is 0 Å². The number of rotatable bonds is 7. The normalized spacial score (nSPS) is 9.71. The summed E-state index contributed by atoms with van der Waals surface area (Å²) in [4.78, 5) is 11.0. The predicted octanol–water partition coefficient (Wildman–Crippen LogP) is 2.64. The van der Waals surface area contributed by atoms with Crippen LogP contribution in [0.2, 0.25) is 0 Å². The summed E-state index contributed by atoms with van der Waals surface area (Å²) < 4.78 is 4.47. The van der Waals surface area contributed by atoms with Gasteiger partial charge in [-0.1, -0.05) is 18.2 Å². The predicted molar refractivity (Wildman–Crippen MR) is 58.0 cm³/mol. The van der Waals surface area contributed by atoms with Crippen molar-refractivity contribution in [3.8, 4) is 0 Å². The van der Waals surface area contributed by atoms with Gasteiger partial charge in [-0.15, -0.1) is 11.8 Å². The van der Waals surface area contributed by atoms with Gasteiger partial charge in [-0.25, -0.2) is 4.79 Å². The van der Waals surface area contributed by atoms with Crippen LogP contribution in [0.3, 0.4) is 0 Å². The summed E-state index contributed by atoms with van der Waals surface area (Å²) in [5, 5.41) is 0. The first-order valence-corrected chi connectivity index (χ1v) is 5.59. The highest BCUT2D eigenvalue weighted by Gasteiger charge is 1.93. The third kappa shape index (κ3) is 4.92. The fourth-order valence-electron chi connectivity index (χ4n) is 1.02. The lowest BCUT2D eigenvalue weighted by Gasteiger charge is -2.00. The van der Waals surface area contributed by atoms with Crippen LogP contribution in [-0.2, 0) is 9.53 Å². The molecule has 3 heteroatoms. The van der Waals surface area contributed by atoms with Crippen LogP contribution in [0.4, 0.5) is 0 Å². The van der Waals surface area contributed by atoms with Crippen LogP contribution in [0.1, 0.15) is 12.8 Å². The van der Waals surface area contributed by atoms with Gasteiger partial charge in [0, 0.05) is 4.90 Å². The van der Waals surface area contributed by atoms with Crippen LogP contribution < -0.4 is 0 Å². The van der Waals surface area contributed by atoms with E-state index in [1.807, 2.05) is 30.0 Å². The zero-order valence-corrected chi connectivity index (χ0v) is 8.76. The molecule has 0 atom stereocenters. The Hall–Kier alpha value is -0.960. The zero-order valence-electron chi connectivity index (χ0n) is 7.94. The molecule has 0 aromatic heterocycles. The van der Waals surface area contributed by atoms with E-state index in [1.165, 1.54) is 11.4 Å². The summed E-state index contributed by atoms with van der Waals surface area (Å²) in [7, 11) is 0. The van der Waals surface area contributed by atoms with E-state index in [-0.39, 0.29) is 0 Å². The topological polar surface area (TPSA) is 26.3 Å². The second-order valence-corrected chi connectivity index (χ2v) is 3.97. The van der Waals surface area contributed by atoms with E-state index in [9.17, 15) is 4.79 Å². The first-order valence-electron chi connectivity index (χ1n) is 4.60. The molecule has 1 radical (unpaired) electrons. The molecule has 0 aliphatic rings. The molecule has 14 heavy (non-hydrogen) atoms. The Morgan fingerprint density at radius 2 is 2.00 bits per heavy atom. The quantitative estimate of drug-likeness (QED) is 0.510. The highest BCUT2D eigenvalue weighted by Crippen LogP contribution is 2.18. The molecule has 0 unspecified atom stereocenters. The second-order valence-electron chi connectivity index (χ2n) is 2.80. The van der Waals surface area contributed by atoms with Crippen LogP contribution in [0.5, 0.6) is 0 Å². The van der Waals surface area contributed by atoms with Crippen LogP contribution in [0.15, 0.2) is 35.2 Å². The fourth-order valence-corrected chi connectivity index (χ4v) is 1.96. The summed E-state index contributed by atoms with van der Waals surface area (Å²) in [5.41, 5.74) is 0. The molecule has 75 valence electrons. The van der Waals surface area contributed by atoms with Crippen LogP contribution in [-0.4, -0.2) is 18.8 Å². The molecule has 0 fully saturated rings. The number of ether oxygens (including phenoxy) is 1. The summed E-state index contributed by atoms with van der Waals surface area (Å²) in [6.45, 7) is 1.90. The van der Waals surface area contributed by atoms with Crippen molar-refractivity contribution in [3.63, 3.8) is 0 Å². The van der Waals surface area contributed by atoms with Crippen molar-refractivity contribution in [2.24, 2.45) is 0 Å². The standard InChI is InChI=1S/C11H13O2S/c12-10-13-8-4-5-9-14-11-6-2-1-3-7-11/h1-3,6-7H,4-5,8-9H2. The van der Waals surface area contributed by atoms with Crippen molar-refractivity contribution in [1.29, 1.82) is 0 Å². The van der Waals surface area contributed by atoms with Gasteiger partial charge in [0.25, 0.3) is 0 Å². The molecule has 0 N–H and O–H groups in total. The maximum atomic E-state index is 9.71. The van der Waals surface area contributed by atoms with Gasteiger partial charge in [0.15, 0.2) is 0 Å². The molecule has 0 saturated carbocycles. The molecule has 0 aliphatic heterocycles. The second kappa shape index (κ2) is 7.44. The van der Waals surface area contributed by atoms with Crippen molar-refractivity contribution >= 4 is 18.2 Å². The van der Waals surface area contributed by atoms with E-state index < -0.39 is 0 Å². The monoisotopic (exact) mass is 209 g/mol. The van der Waals surface area contributed by atoms with Crippen molar-refractivity contribution in [2.75, 3.05) is 12.4 Å². The van der Waals surface area contributed by atoms with Gasteiger partial charge >= 0.3 is 6.47 Å². The maximum Gasteiger partial charge on any atom is 0.417 e. The Kier molecular flexibility index (Phi) is 5.91. The first-order chi connectivity index (χ1) is 6.93. The smallest absolute Gasteiger partial charge is 0.417 e. The van der Waals surface area contributed by atoms with Gasteiger partial charge in [0.05, 0.1) is 6.61 Å². The van der Waals surface area contributed by atoms with Gasteiger partial charge in [-0.2, -0.15) is 0 Å². The largest absolute Gasteiger partial charge is 0.457 e. The van der Waals surface area contributed by atoms with Gasteiger partial charge in [-0.3, -0.25) is 0 Å². The molecule has 1 rings (SSSR count). The molecule has 0 spiro atoms. The number of unbranched alkanes of at least 4 members (excludes halogenated alkanes) is 1. The summed E-state index contributed by atoms with van der Waals surface area (Å²) in [6, 6.07) is 10.3. The van der Waals surface area contributed by atoms with E-state index in [4.69, 9.17) is 0 Å². The van der Waals surface area contributed by atoms with Gasteiger partial charge < -0.3 is 4.74 Å². The Labute approximate surface area is 88.7 Å². The number of carbonyl (C=O) groups excluding carboxylic acids is 1. The molecule has 0 saturated heterocycles. The maximum absolute atomic E-state index is 9.71. The molecule has 2 nitrogen and oxygen atoms in total. The molecular weight excluding hydrogens is 196 g/mol. The van der Waals surface area contributed by atoms with E-state index >= 15 is 0 Å². The minimum Gasteiger partial charge on any atom is -0.457 e. The van der Waals surface area contributed by atoms with Crippen molar-refractivity contribution in [3.05, 3.63) is 30.3 Å². The molecular formula is C11H13O2S. The van der Waals surface area contributed by atoms with E-state index in [0.29, 0.717) is 6.61 Å². The Balaban J connectivity index is 2.02. The fraction of sp³-hybridized carbons (Fsp3) is 0.364. The number of benzene rings is 1. The third-order valence-electron chi connectivity index (χ3n) is 1.71. The van der Waals surface area contributed by atoms with Gasteiger partial charge in [-0.05, 0) is 30.7 Å². The van der Waals surface area contributed by atoms with Crippen LogP contribution >= 0.6 is 11.8 Å². The average Bonchev–Trinajstić information content (AvgIpc) is 2.25. The van der Waals surface area contributed by atoms with Crippen molar-refractivity contribution in [2.45, 2.75) is 17.7 Å². The van der Waals surface area contributed by atoms with E-state index in [1.54, 1.807) is 0 Å². The Morgan fingerprint density at radius 1 is 1.21 bits per heavy atom. The number of thioether (sulfide) groups is 1. The first kappa shape index (κ1) is 11.1. The molecule has 1 aromatic carbocycles. The van der Waals surface area contributed by atoms with E-state index in [2.05, 4.69) is 16.9 Å². The molecule has 0 aliphatic carbocycles. The molecule has 0 bridgehead atoms. The molecule has 0 amide bonds. The zero-order chi connectivity index (χ0) is 10.1. The Morgan fingerprint density at radius 3 is 2.71 bits per heavy atom. The SMILES string of the molecule is O=[C]OCCCCSc1ccccc1. The number of hydrogen-bond acceptors (Lipinski definition) is 3. The molecule has 0 heterocycles. The highest BCUT2D eigenvalue weighted by atomic mass is 32.2. The van der Waals surface area contributed by atoms with E-state index in [0.717, 1.165) is 18.6 Å². The lowest BCUT2D eigenvalue weighted by Crippen LogP contribution is -1.92. The highest BCUT2D eigenvalue weighted by molar-refractivity contribution is 7.99. The third-order valence-corrected chi connectivity index (χ3v) is 2.81. The summed E-state index contributed by atoms with van der Waals surface area (Å²) >= 11 is 1.82. The lowest BCUT2D eigenvalue weighted by atomic mass is 10.4. The number of hydrogen-bond donors (Lipinski definition) is 0. The minimum atomic E-state index is 0.485. The molecule has 1 aromatic rings. The Bertz CT molecular complexity index is 249. The summed E-state index contributed by atoms with van der Waals surface area (Å²) in [5.74, 6) is 1.06. The summed E-state index contributed by atoms with van der Waals surface area (Å²) in [6.07, 6.45) is 1.97. The average molecular weight is 209 g/mol. The van der Waals surface area contributed by atoms with Gasteiger partial charge in [0.2, 0.25) is 0 Å². The minimum absolute atomic E-state index is 0.485. The van der Waals surface area contributed by atoms with Crippen LogP contribution in [0.25, 0.3) is 0 Å². The van der Waals surface area contributed by atoms with Gasteiger partial charge in [0.1, 0.15) is 0 Å². The van der Waals surface area contributed by atoms with Crippen LogP contribution in [0, 0.1) is 0 Å².